The molecule has 0 saturated carbocycles. The van der Waals surface area contributed by atoms with Gasteiger partial charge < -0.3 is 52.2 Å². The Bertz CT molecular complexity index is 1770. The zero-order chi connectivity index (χ0) is 36.8. The maximum Gasteiger partial charge on any atom is 0.472 e. The minimum Gasteiger partial charge on any atom is -0.390 e. The summed E-state index contributed by atoms with van der Waals surface area (Å²) in [7, 11) is -4.89. The molecule has 11 N–H and O–H groups in total. The predicted molar refractivity (Wildman–Crippen MR) is 184 cm³/mol. The highest BCUT2D eigenvalue weighted by molar-refractivity contribution is 8.54. The smallest absolute Gasteiger partial charge is 0.390 e. The summed E-state index contributed by atoms with van der Waals surface area (Å²) in [6, 6.07) is 1.36. The van der Waals surface area contributed by atoms with Crippen molar-refractivity contribution in [3.63, 3.8) is 0 Å². The zero-order valence-electron chi connectivity index (χ0n) is 27.4. The first-order chi connectivity index (χ1) is 24.3. The van der Waals surface area contributed by atoms with Gasteiger partial charge in [-0.3, -0.25) is 22.7 Å². The second-order valence-electron chi connectivity index (χ2n) is 11.7. The second kappa shape index (κ2) is 17.5. The van der Waals surface area contributed by atoms with Crippen LogP contribution in [0.15, 0.2) is 29.7 Å². The van der Waals surface area contributed by atoms with E-state index in [4.69, 9.17) is 46.0 Å². The lowest BCUT2D eigenvalue weighted by molar-refractivity contribution is -0.0544. The predicted octanol–water partition coefficient (Wildman–Crippen LogP) is -0.855. The molecule has 22 nitrogen and oxygen atoms in total. The largest absolute Gasteiger partial charge is 0.472 e. The van der Waals surface area contributed by atoms with E-state index in [2.05, 4.69) is 19.9 Å². The van der Waals surface area contributed by atoms with Gasteiger partial charge in [0.25, 0.3) is 0 Å². The molecule has 2 fully saturated rings. The van der Waals surface area contributed by atoms with E-state index in [1.807, 2.05) is 4.90 Å². The van der Waals surface area contributed by atoms with Gasteiger partial charge in [0.05, 0.1) is 25.6 Å². The fourth-order valence-electron chi connectivity index (χ4n) is 5.64. The van der Waals surface area contributed by atoms with Crippen LogP contribution < -0.4 is 28.6 Å². The van der Waals surface area contributed by atoms with Crippen molar-refractivity contribution in [3.8, 4) is 0 Å². The van der Waals surface area contributed by atoms with Crippen molar-refractivity contribution in [2.75, 3.05) is 63.2 Å². The van der Waals surface area contributed by atoms with Crippen LogP contribution in [0.25, 0.3) is 11.2 Å². The molecule has 0 bridgehead atoms. The third kappa shape index (κ3) is 10.5. The van der Waals surface area contributed by atoms with Crippen LogP contribution in [0.4, 0.5) is 11.6 Å². The van der Waals surface area contributed by atoms with Crippen molar-refractivity contribution in [2.45, 2.75) is 56.1 Å². The zero-order valence-corrected chi connectivity index (χ0v) is 30.0. The first kappa shape index (κ1) is 39.6. The molecule has 0 aliphatic carbocycles. The van der Waals surface area contributed by atoms with Crippen LogP contribution in [0, 0.1) is 0 Å². The molecule has 2 saturated heterocycles. The molecular weight excluding hydrogens is 736 g/mol. The first-order valence-corrected chi connectivity index (χ1v) is 20.6. The Balaban J connectivity index is 1.19. The number of phosphoric acid groups is 1. The minimum absolute atomic E-state index is 0.0280. The molecule has 2 aliphatic heterocycles. The number of aliphatic hydroxyl groups is 1. The average molecular weight is 780 g/mol. The van der Waals surface area contributed by atoms with E-state index in [0.717, 1.165) is 15.9 Å². The standard InChI is InChI=1S/C26H43N11O11P2S/c27-3-7-35(8-4-28)5-1-9-51-50(42,43)45-13-19-17(11-22(47-19)36-6-2-20(29)34-26(36)39)48-49(40,41)44-12-18-16(38)10-21(46-18)37-15-33-23-24(30)31-14-32-25(23)37/h2,6,14-19,21-22,38H,1,3-5,7-13,27-28H2,(H,40,41)(H,42,43)(H2,29,34,39)(H2,30,31,32)/t16-,17?,18+,19+,21+,22+/m0/s1. The van der Waals surface area contributed by atoms with Crippen molar-refractivity contribution in [1.82, 2.24) is 34.0 Å². The molecule has 3 aromatic rings. The fourth-order valence-corrected chi connectivity index (χ4v) is 8.98. The van der Waals surface area contributed by atoms with Gasteiger partial charge >= 0.3 is 20.3 Å². The third-order valence-electron chi connectivity index (χ3n) is 8.08. The molecule has 0 amide bonds. The Morgan fingerprint density at radius 1 is 0.980 bits per heavy atom. The number of hydrogen-bond donors (Lipinski definition) is 7. The fraction of sp³-hybridized carbons (Fsp3) is 0.654. The van der Waals surface area contributed by atoms with E-state index in [1.54, 1.807) is 4.57 Å². The van der Waals surface area contributed by atoms with Crippen LogP contribution in [0.2, 0.25) is 0 Å². The third-order valence-corrected chi connectivity index (χ3v) is 12.2. The number of nitrogens with two attached hydrogens (primary N) is 4. The van der Waals surface area contributed by atoms with Crippen molar-refractivity contribution < 1.29 is 47.1 Å². The molecule has 25 heteroatoms. The number of hydrogen-bond acceptors (Lipinski definition) is 19. The number of imidazole rings is 1. The lowest BCUT2D eigenvalue weighted by atomic mass is 10.2. The Kier molecular flexibility index (Phi) is 13.6. The van der Waals surface area contributed by atoms with E-state index in [-0.39, 0.29) is 30.2 Å². The summed E-state index contributed by atoms with van der Waals surface area (Å²) in [5.41, 5.74) is 22.7. The van der Waals surface area contributed by atoms with E-state index in [1.165, 1.54) is 24.9 Å². The maximum atomic E-state index is 13.2. The summed E-state index contributed by atoms with van der Waals surface area (Å²) in [6.07, 6.45) is -1.90. The number of nitrogen functional groups attached to an aromatic ring is 2. The summed E-state index contributed by atoms with van der Waals surface area (Å²) in [5, 5.41) is 10.7. The molecule has 0 aromatic carbocycles. The van der Waals surface area contributed by atoms with Gasteiger partial charge in [-0.25, -0.2) is 28.9 Å². The highest BCUT2D eigenvalue weighted by atomic mass is 32.7. The van der Waals surface area contributed by atoms with Crippen LogP contribution in [-0.4, -0.2) is 125 Å². The topological polar surface area (TPSA) is 327 Å². The molecule has 5 heterocycles. The Morgan fingerprint density at radius 3 is 2.41 bits per heavy atom. The van der Waals surface area contributed by atoms with Crippen molar-refractivity contribution in [3.05, 3.63) is 35.4 Å². The Morgan fingerprint density at radius 2 is 1.69 bits per heavy atom. The number of anilines is 2. The summed E-state index contributed by atoms with van der Waals surface area (Å²) >= 11 is 0.717. The van der Waals surface area contributed by atoms with Crippen LogP contribution in [0.5, 0.6) is 0 Å². The molecule has 0 radical (unpaired) electrons. The maximum absolute atomic E-state index is 13.2. The number of phosphoric ester groups is 1. The second-order valence-corrected chi connectivity index (χ2v) is 17.1. The average Bonchev–Trinajstić information content (AvgIpc) is 3.78. The van der Waals surface area contributed by atoms with Crippen molar-refractivity contribution in [1.29, 1.82) is 0 Å². The van der Waals surface area contributed by atoms with Gasteiger partial charge in [0.1, 0.15) is 48.4 Å². The summed E-state index contributed by atoms with van der Waals surface area (Å²) in [5.74, 6) is 0.425. The van der Waals surface area contributed by atoms with E-state index < -0.39 is 70.4 Å². The normalized spacial score (nSPS) is 26.2. The first-order valence-electron chi connectivity index (χ1n) is 16.0. The molecule has 5 rings (SSSR count). The summed E-state index contributed by atoms with van der Waals surface area (Å²) in [6.45, 7) is -2.48. The molecule has 8 atom stereocenters. The molecule has 51 heavy (non-hydrogen) atoms. The minimum atomic E-state index is -4.89. The lowest BCUT2D eigenvalue weighted by Gasteiger charge is -2.23. The number of aliphatic hydroxyl groups excluding tert-OH is 1. The molecule has 2 aliphatic rings. The number of aromatic nitrogens is 6. The SMILES string of the molecule is NCCN(CCN)CCCSP(=O)(O)OC[C@H]1O[C@@H](n2ccc(N)nc2=O)CC1OP(=O)(O)OC[C@H]1O[C@@H](n2cnc3c(N)ncnc32)C[C@@H]1O. The van der Waals surface area contributed by atoms with Gasteiger partial charge in [-0.15, -0.1) is 0 Å². The number of ether oxygens (including phenoxy) is 2. The van der Waals surface area contributed by atoms with Crippen molar-refractivity contribution in [2.24, 2.45) is 11.5 Å². The monoisotopic (exact) mass is 779 g/mol. The molecular formula is C26H43N11O11P2S. The van der Waals surface area contributed by atoms with E-state index in [0.29, 0.717) is 50.3 Å². The molecule has 3 aromatic heterocycles. The van der Waals surface area contributed by atoms with Crippen molar-refractivity contribution >= 4 is 48.8 Å². The van der Waals surface area contributed by atoms with Crippen LogP contribution >= 0.6 is 26.0 Å². The van der Waals surface area contributed by atoms with E-state index in [9.17, 15) is 28.8 Å². The van der Waals surface area contributed by atoms with E-state index >= 15 is 0 Å². The van der Waals surface area contributed by atoms with Gasteiger partial charge in [-0.2, -0.15) is 4.98 Å². The van der Waals surface area contributed by atoms with Gasteiger partial charge in [0.2, 0.25) is 0 Å². The Hall–Kier alpha value is -2.60. The summed E-state index contributed by atoms with van der Waals surface area (Å²) < 4.78 is 56.5. The molecule has 0 spiro atoms. The van der Waals surface area contributed by atoms with Crippen LogP contribution in [0.1, 0.15) is 31.7 Å². The highest BCUT2D eigenvalue weighted by Gasteiger charge is 2.44. The van der Waals surface area contributed by atoms with Gasteiger partial charge in [0, 0.05) is 51.0 Å². The highest BCUT2D eigenvalue weighted by Crippen LogP contribution is 2.57. The van der Waals surface area contributed by atoms with Crippen LogP contribution in [-0.2, 0) is 32.2 Å². The summed E-state index contributed by atoms with van der Waals surface area (Å²) in [4.78, 5) is 51.7. The number of nitrogens with zero attached hydrogens (tertiary/aromatic N) is 7. The van der Waals surface area contributed by atoms with Crippen LogP contribution in [0.3, 0.4) is 0 Å². The molecule has 3 unspecified atom stereocenters. The Labute approximate surface area is 295 Å². The van der Waals surface area contributed by atoms with Gasteiger partial charge in [-0.1, -0.05) is 0 Å². The molecule has 284 valence electrons. The number of rotatable bonds is 19. The number of fused-ring (bicyclic) bond motifs is 1. The lowest BCUT2D eigenvalue weighted by Crippen LogP contribution is -2.34. The quantitative estimate of drug-likeness (QED) is 0.0575. The van der Waals surface area contributed by atoms with Gasteiger partial charge in [0.15, 0.2) is 11.5 Å². The van der Waals surface area contributed by atoms with Gasteiger partial charge in [-0.05, 0) is 30.4 Å².